The lowest BCUT2D eigenvalue weighted by Gasteiger charge is -2.30. The van der Waals surface area contributed by atoms with E-state index in [9.17, 15) is 13.2 Å². The molecule has 0 unspecified atom stereocenters. The molecule has 1 amide bonds. The first kappa shape index (κ1) is 21.6. The van der Waals surface area contributed by atoms with E-state index >= 15 is 0 Å². The van der Waals surface area contributed by atoms with Gasteiger partial charge in [0, 0.05) is 44.8 Å². The van der Waals surface area contributed by atoms with E-state index in [0.717, 1.165) is 10.2 Å². The molecule has 1 N–H and O–H groups in total. The summed E-state index contributed by atoms with van der Waals surface area (Å²) in [6, 6.07) is 12.3. The van der Waals surface area contributed by atoms with Crippen LogP contribution in [0, 0.1) is 5.92 Å². The summed E-state index contributed by atoms with van der Waals surface area (Å²) < 4.78 is 27.9. The number of sulfonamides is 1. The van der Waals surface area contributed by atoms with Crippen molar-refractivity contribution >= 4 is 60.7 Å². The standard InChI is InChI=1S/C19H19BrCl2N2O3S/c20-14-4-6-15(7-5-14)23-19(25)13-8-10-24(11-9-13)28(26,27)12-16-17(21)2-1-3-18(16)22/h1-7,13H,8-12H2,(H,23,25). The lowest BCUT2D eigenvalue weighted by Crippen LogP contribution is -2.41. The van der Waals surface area contributed by atoms with Crippen molar-refractivity contribution in [3.63, 3.8) is 0 Å². The first-order valence-electron chi connectivity index (χ1n) is 8.73. The Morgan fingerprint density at radius 3 is 2.21 bits per heavy atom. The van der Waals surface area contributed by atoms with Crippen LogP contribution in [0.15, 0.2) is 46.9 Å². The third kappa shape index (κ3) is 5.27. The Bertz CT molecular complexity index is 939. The Hall–Kier alpha value is -1.12. The summed E-state index contributed by atoms with van der Waals surface area (Å²) in [7, 11) is -3.57. The van der Waals surface area contributed by atoms with Crippen LogP contribution >= 0.6 is 39.1 Å². The van der Waals surface area contributed by atoms with E-state index in [4.69, 9.17) is 23.2 Å². The number of halogens is 3. The van der Waals surface area contributed by atoms with Gasteiger partial charge < -0.3 is 5.32 Å². The first-order chi connectivity index (χ1) is 13.3. The molecule has 1 aliphatic rings. The highest BCUT2D eigenvalue weighted by molar-refractivity contribution is 9.10. The highest BCUT2D eigenvalue weighted by atomic mass is 79.9. The zero-order valence-corrected chi connectivity index (χ0v) is 18.8. The average molecular weight is 506 g/mol. The first-order valence-corrected chi connectivity index (χ1v) is 11.9. The van der Waals surface area contributed by atoms with Crippen LogP contribution in [0.1, 0.15) is 18.4 Å². The number of nitrogens with zero attached hydrogens (tertiary/aromatic N) is 1. The molecule has 0 bridgehead atoms. The van der Waals surface area contributed by atoms with Gasteiger partial charge in [-0.15, -0.1) is 0 Å². The van der Waals surface area contributed by atoms with Crippen LogP contribution in [0.2, 0.25) is 10.0 Å². The maximum Gasteiger partial charge on any atom is 0.227 e. The largest absolute Gasteiger partial charge is 0.326 e. The van der Waals surface area contributed by atoms with Gasteiger partial charge in [0.15, 0.2) is 0 Å². The topological polar surface area (TPSA) is 66.5 Å². The Kier molecular flexibility index (Phi) is 7.04. The number of amides is 1. The van der Waals surface area contributed by atoms with E-state index in [0.29, 0.717) is 41.5 Å². The van der Waals surface area contributed by atoms with Gasteiger partial charge in [0.1, 0.15) is 0 Å². The van der Waals surface area contributed by atoms with E-state index in [1.165, 1.54) is 4.31 Å². The number of hydrogen-bond donors (Lipinski definition) is 1. The van der Waals surface area contributed by atoms with Gasteiger partial charge >= 0.3 is 0 Å². The normalized spacial score (nSPS) is 16.1. The fourth-order valence-corrected chi connectivity index (χ4v) is 5.70. The number of nitrogens with one attached hydrogen (secondary N) is 1. The molecule has 2 aromatic carbocycles. The van der Waals surface area contributed by atoms with Crippen LogP contribution in [-0.4, -0.2) is 31.7 Å². The van der Waals surface area contributed by atoms with Crippen molar-refractivity contribution in [2.24, 2.45) is 5.92 Å². The number of piperidine rings is 1. The molecule has 0 saturated carbocycles. The second kappa shape index (κ2) is 9.13. The maximum atomic E-state index is 12.8. The highest BCUT2D eigenvalue weighted by Crippen LogP contribution is 2.29. The van der Waals surface area contributed by atoms with Gasteiger partial charge in [-0.1, -0.05) is 45.2 Å². The van der Waals surface area contributed by atoms with Gasteiger partial charge in [0.2, 0.25) is 15.9 Å². The summed E-state index contributed by atoms with van der Waals surface area (Å²) in [6.45, 7) is 0.589. The number of benzene rings is 2. The third-order valence-electron chi connectivity index (χ3n) is 4.72. The lowest BCUT2D eigenvalue weighted by molar-refractivity contribution is -0.120. The number of anilines is 1. The molecule has 0 spiro atoms. The highest BCUT2D eigenvalue weighted by Gasteiger charge is 2.32. The number of rotatable bonds is 5. The Labute approximate surface area is 183 Å². The van der Waals surface area contributed by atoms with Gasteiger partial charge in [-0.2, -0.15) is 0 Å². The zero-order chi connectivity index (χ0) is 20.3. The molecule has 0 aliphatic carbocycles. The van der Waals surface area contributed by atoms with Crippen LogP contribution in [0.3, 0.4) is 0 Å². The molecule has 3 rings (SSSR count). The van der Waals surface area contributed by atoms with Crippen LogP contribution in [0.4, 0.5) is 5.69 Å². The SMILES string of the molecule is O=C(Nc1ccc(Br)cc1)C1CCN(S(=O)(=O)Cc2c(Cl)cccc2Cl)CC1. The number of carbonyl (C=O) groups excluding carboxylic acids is 1. The summed E-state index contributed by atoms with van der Waals surface area (Å²) in [5, 5.41) is 3.55. The van der Waals surface area contributed by atoms with E-state index in [1.807, 2.05) is 24.3 Å². The van der Waals surface area contributed by atoms with Crippen molar-refractivity contribution in [2.45, 2.75) is 18.6 Å². The van der Waals surface area contributed by atoms with Crippen molar-refractivity contribution in [1.82, 2.24) is 4.31 Å². The van der Waals surface area contributed by atoms with E-state index < -0.39 is 10.0 Å². The van der Waals surface area contributed by atoms with Gasteiger partial charge in [0.25, 0.3) is 0 Å². The lowest BCUT2D eigenvalue weighted by atomic mass is 9.97. The second-order valence-corrected chi connectivity index (χ2v) is 10.3. The van der Waals surface area contributed by atoms with Crippen molar-refractivity contribution in [1.29, 1.82) is 0 Å². The monoisotopic (exact) mass is 504 g/mol. The molecule has 0 aromatic heterocycles. The van der Waals surface area contributed by atoms with Crippen LogP contribution in [0.5, 0.6) is 0 Å². The molecule has 150 valence electrons. The predicted molar refractivity (Wildman–Crippen MR) is 116 cm³/mol. The van der Waals surface area contributed by atoms with Crippen molar-refractivity contribution in [3.05, 3.63) is 62.5 Å². The van der Waals surface area contributed by atoms with E-state index in [-0.39, 0.29) is 17.6 Å². The van der Waals surface area contributed by atoms with Crippen molar-refractivity contribution in [2.75, 3.05) is 18.4 Å². The fourth-order valence-electron chi connectivity index (χ4n) is 3.12. The Morgan fingerprint density at radius 2 is 1.64 bits per heavy atom. The predicted octanol–water partition coefficient (Wildman–Crippen LogP) is 4.94. The average Bonchev–Trinajstić information content (AvgIpc) is 2.67. The summed E-state index contributed by atoms with van der Waals surface area (Å²) in [5.41, 5.74) is 1.12. The number of hydrogen-bond acceptors (Lipinski definition) is 3. The van der Waals surface area contributed by atoms with Gasteiger partial charge in [-0.05, 0) is 49.2 Å². The molecule has 28 heavy (non-hydrogen) atoms. The molecule has 0 atom stereocenters. The van der Waals surface area contributed by atoms with Gasteiger partial charge in [0.05, 0.1) is 5.75 Å². The molecule has 9 heteroatoms. The minimum Gasteiger partial charge on any atom is -0.326 e. The third-order valence-corrected chi connectivity index (χ3v) is 7.76. The molecular weight excluding hydrogens is 487 g/mol. The summed E-state index contributed by atoms with van der Waals surface area (Å²) in [5.74, 6) is -0.561. The van der Waals surface area contributed by atoms with Crippen molar-refractivity contribution in [3.8, 4) is 0 Å². The summed E-state index contributed by atoms with van der Waals surface area (Å²) in [6.07, 6.45) is 0.940. The maximum absolute atomic E-state index is 12.8. The summed E-state index contributed by atoms with van der Waals surface area (Å²) >= 11 is 15.6. The molecule has 5 nitrogen and oxygen atoms in total. The fraction of sp³-hybridized carbons (Fsp3) is 0.316. The van der Waals surface area contributed by atoms with Gasteiger partial charge in [-0.25, -0.2) is 12.7 Å². The summed E-state index contributed by atoms with van der Waals surface area (Å²) in [4.78, 5) is 12.5. The molecular formula is C19H19BrCl2N2O3S. The van der Waals surface area contributed by atoms with Crippen LogP contribution in [-0.2, 0) is 20.6 Å². The molecule has 2 aromatic rings. The van der Waals surface area contributed by atoms with E-state index in [1.54, 1.807) is 18.2 Å². The molecule has 1 heterocycles. The van der Waals surface area contributed by atoms with Crippen LogP contribution < -0.4 is 5.32 Å². The smallest absolute Gasteiger partial charge is 0.227 e. The quantitative estimate of drug-likeness (QED) is 0.626. The Morgan fingerprint density at radius 1 is 1.07 bits per heavy atom. The molecule has 1 fully saturated rings. The van der Waals surface area contributed by atoms with Gasteiger partial charge in [-0.3, -0.25) is 4.79 Å². The minimum absolute atomic E-state index is 0.0893. The second-order valence-electron chi connectivity index (χ2n) is 6.63. The van der Waals surface area contributed by atoms with Crippen LogP contribution in [0.25, 0.3) is 0 Å². The number of carbonyl (C=O) groups is 1. The van der Waals surface area contributed by atoms with Crippen molar-refractivity contribution < 1.29 is 13.2 Å². The molecule has 0 radical (unpaired) electrons. The Balaban J connectivity index is 1.59. The zero-order valence-electron chi connectivity index (χ0n) is 14.9. The van der Waals surface area contributed by atoms with E-state index in [2.05, 4.69) is 21.2 Å². The molecule has 1 saturated heterocycles. The molecule has 1 aliphatic heterocycles. The minimum atomic E-state index is -3.57.